The molecule has 0 unspecified atom stereocenters. The summed E-state index contributed by atoms with van der Waals surface area (Å²) in [4.78, 5) is 10.9. The molecule has 0 radical (unpaired) electrons. The number of esters is 1. The maximum atomic E-state index is 10.9. The van der Waals surface area contributed by atoms with Crippen molar-refractivity contribution in [3.8, 4) is 5.75 Å². The number of aliphatic hydroxyl groups excluding tert-OH is 1. The molecule has 0 atom stereocenters. The van der Waals surface area contributed by atoms with Crippen LogP contribution >= 0.6 is 0 Å². The fourth-order valence-electron chi connectivity index (χ4n) is 1.41. The van der Waals surface area contributed by atoms with Gasteiger partial charge in [0.1, 0.15) is 5.75 Å². The van der Waals surface area contributed by atoms with Crippen LogP contribution in [-0.2, 0) is 16.8 Å². The summed E-state index contributed by atoms with van der Waals surface area (Å²) in [5.41, 5.74) is 1.75. The molecule has 0 fully saturated rings. The van der Waals surface area contributed by atoms with Crippen LogP contribution in [0.4, 0.5) is 0 Å². The number of benzene rings is 1. The first-order valence-corrected chi connectivity index (χ1v) is 5.26. The summed E-state index contributed by atoms with van der Waals surface area (Å²) in [5, 5.41) is 9.15. The molecule has 0 saturated carbocycles. The smallest absolute Gasteiger partial charge is 0.308 e. The molecular formula is C13H18O3. The number of hydrogen-bond acceptors (Lipinski definition) is 3. The average Bonchev–Trinajstić information content (AvgIpc) is 2.14. The minimum absolute atomic E-state index is 0.0416. The zero-order chi connectivity index (χ0) is 12.3. The lowest BCUT2D eigenvalue weighted by Crippen LogP contribution is -2.12. The van der Waals surface area contributed by atoms with Crippen LogP contribution in [0.25, 0.3) is 0 Å². The van der Waals surface area contributed by atoms with E-state index in [9.17, 15) is 4.79 Å². The average molecular weight is 222 g/mol. The van der Waals surface area contributed by atoms with Crippen LogP contribution in [0.1, 0.15) is 38.8 Å². The zero-order valence-electron chi connectivity index (χ0n) is 10.2. The molecule has 1 rings (SSSR count). The van der Waals surface area contributed by atoms with Gasteiger partial charge in [0.15, 0.2) is 0 Å². The van der Waals surface area contributed by atoms with E-state index in [2.05, 4.69) is 20.8 Å². The minimum Gasteiger partial charge on any atom is -0.427 e. The van der Waals surface area contributed by atoms with Crippen LogP contribution in [0.5, 0.6) is 5.75 Å². The molecule has 0 aliphatic carbocycles. The maximum Gasteiger partial charge on any atom is 0.308 e. The van der Waals surface area contributed by atoms with Gasteiger partial charge in [-0.15, -0.1) is 0 Å². The number of ether oxygens (including phenoxy) is 1. The maximum absolute atomic E-state index is 10.9. The first kappa shape index (κ1) is 12.7. The van der Waals surface area contributed by atoms with E-state index >= 15 is 0 Å². The summed E-state index contributed by atoms with van der Waals surface area (Å²) in [5.74, 6) is 0.138. The van der Waals surface area contributed by atoms with Gasteiger partial charge in [-0.2, -0.15) is 0 Å². The lowest BCUT2D eigenvalue weighted by atomic mass is 9.86. The second kappa shape index (κ2) is 4.66. The summed E-state index contributed by atoms with van der Waals surface area (Å²) >= 11 is 0. The van der Waals surface area contributed by atoms with Crippen molar-refractivity contribution in [3.63, 3.8) is 0 Å². The lowest BCUT2D eigenvalue weighted by Gasteiger charge is -2.20. The molecule has 0 amide bonds. The van der Waals surface area contributed by atoms with Crippen molar-refractivity contribution in [1.29, 1.82) is 0 Å². The van der Waals surface area contributed by atoms with Crippen LogP contribution in [-0.4, -0.2) is 11.1 Å². The van der Waals surface area contributed by atoms with E-state index < -0.39 is 0 Å². The van der Waals surface area contributed by atoms with Crippen molar-refractivity contribution < 1.29 is 14.6 Å². The SMILES string of the molecule is CC(=O)Oc1cc(CO)cc(C(C)(C)C)c1. The minimum atomic E-state index is -0.352. The Balaban J connectivity index is 3.16. The van der Waals surface area contributed by atoms with E-state index in [1.807, 2.05) is 12.1 Å². The van der Waals surface area contributed by atoms with E-state index in [1.54, 1.807) is 6.07 Å². The van der Waals surface area contributed by atoms with Gasteiger partial charge in [0.2, 0.25) is 0 Å². The van der Waals surface area contributed by atoms with Crippen LogP contribution in [0.15, 0.2) is 18.2 Å². The van der Waals surface area contributed by atoms with Gasteiger partial charge in [-0.25, -0.2) is 0 Å². The molecule has 0 aliphatic heterocycles. The van der Waals surface area contributed by atoms with E-state index in [0.29, 0.717) is 5.75 Å². The second-order valence-electron chi connectivity index (χ2n) is 4.87. The van der Waals surface area contributed by atoms with Crippen molar-refractivity contribution in [1.82, 2.24) is 0 Å². The van der Waals surface area contributed by atoms with Gasteiger partial charge in [0.05, 0.1) is 6.61 Å². The van der Waals surface area contributed by atoms with Crippen LogP contribution in [0.3, 0.4) is 0 Å². The summed E-state index contributed by atoms with van der Waals surface area (Å²) in [6.45, 7) is 7.52. The van der Waals surface area contributed by atoms with Gasteiger partial charge < -0.3 is 9.84 Å². The Morgan fingerprint density at radius 1 is 1.31 bits per heavy atom. The molecule has 0 aliphatic rings. The summed E-state index contributed by atoms with van der Waals surface area (Å²) in [6.07, 6.45) is 0. The summed E-state index contributed by atoms with van der Waals surface area (Å²) < 4.78 is 5.04. The van der Waals surface area contributed by atoms with Crippen molar-refractivity contribution >= 4 is 5.97 Å². The van der Waals surface area contributed by atoms with Crippen LogP contribution in [0.2, 0.25) is 0 Å². The van der Waals surface area contributed by atoms with E-state index in [-0.39, 0.29) is 18.0 Å². The molecule has 3 heteroatoms. The molecule has 0 bridgehead atoms. The Morgan fingerprint density at radius 3 is 2.38 bits per heavy atom. The first-order valence-electron chi connectivity index (χ1n) is 5.26. The molecule has 1 N–H and O–H groups in total. The van der Waals surface area contributed by atoms with Gasteiger partial charge in [-0.1, -0.05) is 26.8 Å². The van der Waals surface area contributed by atoms with Crippen molar-refractivity contribution in [2.45, 2.75) is 39.7 Å². The van der Waals surface area contributed by atoms with E-state index in [1.165, 1.54) is 6.92 Å². The molecule has 0 heterocycles. The van der Waals surface area contributed by atoms with Crippen LogP contribution in [0, 0.1) is 0 Å². The molecule has 0 saturated heterocycles. The van der Waals surface area contributed by atoms with Crippen molar-refractivity contribution in [2.75, 3.05) is 0 Å². The molecule has 0 spiro atoms. The molecule has 88 valence electrons. The number of aliphatic hydroxyl groups is 1. The van der Waals surface area contributed by atoms with Crippen molar-refractivity contribution in [2.24, 2.45) is 0 Å². The predicted octanol–water partition coefficient (Wildman–Crippen LogP) is 2.40. The standard InChI is InChI=1S/C13H18O3/c1-9(15)16-12-6-10(8-14)5-11(7-12)13(2,3)4/h5-7,14H,8H2,1-4H3. The van der Waals surface area contributed by atoms with Gasteiger partial charge in [-0.3, -0.25) is 4.79 Å². The summed E-state index contributed by atoms with van der Waals surface area (Å²) in [6, 6.07) is 5.43. The van der Waals surface area contributed by atoms with Gasteiger partial charge in [-0.05, 0) is 28.7 Å². The van der Waals surface area contributed by atoms with E-state index in [4.69, 9.17) is 9.84 Å². The Morgan fingerprint density at radius 2 is 1.94 bits per heavy atom. The third kappa shape index (κ3) is 3.35. The normalized spacial score (nSPS) is 11.3. The molecule has 0 aromatic heterocycles. The monoisotopic (exact) mass is 222 g/mol. The van der Waals surface area contributed by atoms with Gasteiger partial charge in [0.25, 0.3) is 0 Å². The molecular weight excluding hydrogens is 204 g/mol. The Hall–Kier alpha value is -1.35. The fraction of sp³-hybridized carbons (Fsp3) is 0.462. The summed E-state index contributed by atoms with van der Waals surface area (Å²) in [7, 11) is 0. The highest BCUT2D eigenvalue weighted by Crippen LogP contribution is 2.27. The molecule has 3 nitrogen and oxygen atoms in total. The highest BCUT2D eigenvalue weighted by atomic mass is 16.5. The number of carbonyl (C=O) groups excluding carboxylic acids is 1. The second-order valence-corrected chi connectivity index (χ2v) is 4.87. The highest BCUT2D eigenvalue weighted by molar-refractivity contribution is 5.69. The Bertz CT molecular complexity index is 389. The third-order valence-corrected chi connectivity index (χ3v) is 2.28. The third-order valence-electron chi connectivity index (χ3n) is 2.28. The Kier molecular flexibility index (Phi) is 3.70. The van der Waals surface area contributed by atoms with E-state index in [0.717, 1.165) is 11.1 Å². The molecule has 1 aromatic carbocycles. The van der Waals surface area contributed by atoms with Crippen molar-refractivity contribution in [3.05, 3.63) is 29.3 Å². The number of rotatable bonds is 2. The zero-order valence-corrected chi connectivity index (χ0v) is 10.2. The number of carbonyl (C=O) groups is 1. The quantitative estimate of drug-likeness (QED) is 0.617. The fourth-order valence-corrected chi connectivity index (χ4v) is 1.41. The first-order chi connectivity index (χ1) is 7.32. The topological polar surface area (TPSA) is 46.5 Å². The Labute approximate surface area is 96.1 Å². The van der Waals surface area contributed by atoms with Gasteiger partial charge in [0, 0.05) is 6.92 Å². The predicted molar refractivity (Wildman–Crippen MR) is 62.4 cm³/mol. The van der Waals surface area contributed by atoms with Gasteiger partial charge >= 0.3 is 5.97 Å². The lowest BCUT2D eigenvalue weighted by molar-refractivity contribution is -0.131. The van der Waals surface area contributed by atoms with Crippen LogP contribution < -0.4 is 4.74 Å². The largest absolute Gasteiger partial charge is 0.427 e. The molecule has 1 aromatic rings. The highest BCUT2D eigenvalue weighted by Gasteiger charge is 2.16. The number of hydrogen-bond donors (Lipinski definition) is 1. The molecule has 16 heavy (non-hydrogen) atoms.